The number of fused-ring (bicyclic) bond motifs is 20. The Bertz CT molecular complexity index is 3980. The van der Waals surface area contributed by atoms with Crippen molar-refractivity contribution in [3.63, 3.8) is 0 Å². The fourth-order valence-electron chi connectivity index (χ4n) is 11.4. The molecule has 0 unspecified atom stereocenters. The van der Waals surface area contributed by atoms with Crippen LogP contribution in [-0.2, 0) is 94.7 Å². The van der Waals surface area contributed by atoms with Gasteiger partial charge < -0.3 is 144 Å². The largest absolute Gasteiger partial charge is 0.490 e. The standard InChI is InChI=1S/C80H114N8O28/c89-13-17-93-21-25-97-29-33-101-37-41-105-45-49-109-53-57-113-65-9-1-5-61-69(65)77-82-73(61)81-74-62-6-2-11-67(115-59-55-111-51-47-107-43-39-103-35-31-99-27-23-95-19-15-91)71(62)79(83-74)88-80-72-64(8-4-12-68(72)116-60-56-112-52-48-108-44-40-104-36-32-100-28-24-96-20-16-92)76(87-80)86-78-70-63(75(84-77)85-78)7-3-10-66(70)114-58-54-110-50-46-106-42-38-102-34-30-98-26-22-94-18-14-90/h1-12,89-92H,13-60H2,(H2,81,82,83,84,85,86,87,88). The summed E-state index contributed by atoms with van der Waals surface area (Å²) in [6.07, 6.45) is 0. The Kier molecular flexibility index (Phi) is 46.5. The van der Waals surface area contributed by atoms with Gasteiger partial charge in [-0.15, -0.1) is 0 Å². The van der Waals surface area contributed by atoms with Gasteiger partial charge in [0, 0.05) is 21.9 Å². The molecule has 5 heterocycles. The molecule has 3 aromatic heterocycles. The molecule has 6 N–H and O–H groups in total. The number of H-pyrrole nitrogens is 2. The monoisotopic (exact) mass is 1630 g/mol. The average molecular weight is 1640 g/mol. The van der Waals surface area contributed by atoms with Gasteiger partial charge in [-0.25, -0.2) is 29.9 Å². The normalized spacial score (nSPS) is 11.9. The van der Waals surface area contributed by atoms with Gasteiger partial charge in [0.15, 0.2) is 23.3 Å². The molecule has 0 amide bonds. The van der Waals surface area contributed by atoms with E-state index in [9.17, 15) is 0 Å². The molecule has 0 spiro atoms. The quantitative estimate of drug-likeness (QED) is 0.0282. The van der Waals surface area contributed by atoms with Crippen molar-refractivity contribution in [1.29, 1.82) is 0 Å². The van der Waals surface area contributed by atoms with Crippen molar-refractivity contribution in [3.05, 3.63) is 72.8 Å². The summed E-state index contributed by atoms with van der Waals surface area (Å²) in [6, 6.07) is 22.7. The van der Waals surface area contributed by atoms with Crippen LogP contribution in [0.25, 0.3) is 89.7 Å². The lowest BCUT2D eigenvalue weighted by atomic mass is 10.1. The number of aliphatic hydroxyl groups is 4. The fourth-order valence-corrected chi connectivity index (χ4v) is 11.4. The Morgan fingerprint density at radius 3 is 0.655 bits per heavy atom. The predicted molar refractivity (Wildman–Crippen MR) is 423 cm³/mol. The van der Waals surface area contributed by atoms with Crippen molar-refractivity contribution in [2.24, 2.45) is 0 Å². The highest BCUT2D eigenvalue weighted by atomic mass is 16.6. The zero-order valence-corrected chi connectivity index (χ0v) is 66.1. The molecule has 0 radical (unpaired) electrons. The third-order valence-corrected chi connectivity index (χ3v) is 16.6. The topological polar surface area (TPSA) is 411 Å². The van der Waals surface area contributed by atoms with Crippen LogP contribution in [0.2, 0.25) is 0 Å². The molecule has 2 aliphatic heterocycles. The molecular weight excluding hydrogens is 1520 g/mol. The zero-order valence-electron chi connectivity index (χ0n) is 66.1. The zero-order chi connectivity index (χ0) is 80.6. The first-order valence-electron chi connectivity index (χ1n) is 39.4. The van der Waals surface area contributed by atoms with E-state index in [0.29, 0.717) is 312 Å². The molecule has 0 atom stereocenters. The van der Waals surface area contributed by atoms with Crippen molar-refractivity contribution < 1.29 is 134 Å². The third-order valence-electron chi connectivity index (χ3n) is 16.6. The molecule has 116 heavy (non-hydrogen) atoms. The molecule has 4 aromatic carbocycles. The van der Waals surface area contributed by atoms with E-state index in [1.165, 1.54) is 0 Å². The lowest BCUT2D eigenvalue weighted by Crippen LogP contribution is -2.14. The maximum absolute atomic E-state index is 8.86. The van der Waals surface area contributed by atoms with Gasteiger partial charge in [0.2, 0.25) is 0 Å². The lowest BCUT2D eigenvalue weighted by Gasteiger charge is -2.11. The van der Waals surface area contributed by atoms with E-state index < -0.39 is 0 Å². The van der Waals surface area contributed by atoms with E-state index in [4.69, 9.17) is 164 Å². The van der Waals surface area contributed by atoms with Crippen LogP contribution in [0, 0.1) is 0 Å². The van der Waals surface area contributed by atoms with Crippen LogP contribution in [0.15, 0.2) is 72.8 Å². The van der Waals surface area contributed by atoms with Gasteiger partial charge in [-0.1, -0.05) is 48.5 Å². The minimum absolute atomic E-state index is 0.0258. The average Bonchev–Trinajstić information content (AvgIpc) is 1.59. The Balaban J connectivity index is 0.958. The van der Waals surface area contributed by atoms with Crippen LogP contribution < -0.4 is 18.9 Å². The van der Waals surface area contributed by atoms with Crippen LogP contribution in [0.1, 0.15) is 0 Å². The van der Waals surface area contributed by atoms with Crippen molar-refractivity contribution in [2.75, 3.05) is 317 Å². The molecule has 0 aliphatic carbocycles. The number of hydrogen-bond acceptors (Lipinski definition) is 34. The van der Waals surface area contributed by atoms with Crippen LogP contribution in [0.4, 0.5) is 0 Å². The maximum atomic E-state index is 8.86. The number of benzene rings is 4. The highest BCUT2D eigenvalue weighted by Gasteiger charge is 2.28. The number of aliphatic hydroxyl groups excluding tert-OH is 4. The molecule has 2 aliphatic rings. The van der Waals surface area contributed by atoms with E-state index in [1.54, 1.807) is 0 Å². The second kappa shape index (κ2) is 58.4. The minimum Gasteiger partial charge on any atom is -0.490 e. The third kappa shape index (κ3) is 33.3. The Morgan fingerprint density at radius 2 is 0.397 bits per heavy atom. The molecule has 0 saturated heterocycles. The maximum Gasteiger partial charge on any atom is 0.168 e. The molecule has 36 nitrogen and oxygen atoms in total. The van der Waals surface area contributed by atoms with Crippen LogP contribution in [-0.4, -0.2) is 377 Å². The van der Waals surface area contributed by atoms with E-state index in [0.717, 1.165) is 0 Å². The molecule has 7 aromatic rings. The molecule has 0 saturated carbocycles. The Labute approximate surface area is 673 Å². The number of nitrogens with zero attached hydrogens (tertiary/aromatic N) is 6. The molecular formula is C80H114N8O28. The number of ether oxygens (including phenoxy) is 24. The second-order valence-electron chi connectivity index (χ2n) is 24.9. The van der Waals surface area contributed by atoms with Crippen molar-refractivity contribution in [1.82, 2.24) is 39.9 Å². The van der Waals surface area contributed by atoms with E-state index >= 15 is 0 Å². The summed E-state index contributed by atoms with van der Waals surface area (Å²) in [4.78, 5) is 39.0. The van der Waals surface area contributed by atoms with Gasteiger partial charge in [-0.3, -0.25) is 0 Å². The van der Waals surface area contributed by atoms with E-state index in [2.05, 4.69) is 9.97 Å². The van der Waals surface area contributed by atoms with Crippen molar-refractivity contribution >= 4 is 44.1 Å². The van der Waals surface area contributed by atoms with Gasteiger partial charge in [0.05, 0.1) is 313 Å². The van der Waals surface area contributed by atoms with Gasteiger partial charge in [-0.2, -0.15) is 0 Å². The molecule has 8 bridgehead atoms. The first-order chi connectivity index (χ1) is 57.6. The fraction of sp³-hybridized carbons (Fsp3) is 0.600. The second-order valence-corrected chi connectivity index (χ2v) is 24.9. The highest BCUT2D eigenvalue weighted by molar-refractivity contribution is 6.10. The Morgan fingerprint density at radius 1 is 0.198 bits per heavy atom. The summed E-state index contributed by atoms with van der Waals surface area (Å²) >= 11 is 0. The summed E-state index contributed by atoms with van der Waals surface area (Å²) in [6.45, 7) is 15.1. The van der Waals surface area contributed by atoms with Gasteiger partial charge in [0.25, 0.3) is 0 Å². The van der Waals surface area contributed by atoms with Crippen molar-refractivity contribution in [2.45, 2.75) is 0 Å². The number of aromatic nitrogens is 8. The SMILES string of the molecule is OCCOCCOCCOCCOCCOCCOc1cccc2c1-c1nc-2nc2[nH]c(nc3nc(nc4[nH]c(n1)c1cccc(OCCOCCOCCOCCOCCOCCO)c41)-c1c(OCCOCCOCCOCCOCCOCCO)cccc1-3)c1cccc(OCCOCCOCCOCCOCCOCCO)c21. The first-order valence-corrected chi connectivity index (χ1v) is 39.4. The van der Waals surface area contributed by atoms with Crippen LogP contribution in [0.3, 0.4) is 0 Å². The number of hydrogen-bond donors (Lipinski definition) is 6. The summed E-state index contributed by atoms with van der Waals surface area (Å²) in [7, 11) is 0. The van der Waals surface area contributed by atoms with Crippen molar-refractivity contribution in [3.8, 4) is 68.5 Å². The molecule has 642 valence electrons. The summed E-state index contributed by atoms with van der Waals surface area (Å²) in [5.41, 5.74) is 3.97. The van der Waals surface area contributed by atoms with Crippen LogP contribution >= 0.6 is 0 Å². The summed E-state index contributed by atoms with van der Waals surface area (Å²) in [5, 5.41) is 38.0. The molecule has 9 rings (SSSR count). The smallest absolute Gasteiger partial charge is 0.168 e. The van der Waals surface area contributed by atoms with Gasteiger partial charge >= 0.3 is 0 Å². The van der Waals surface area contributed by atoms with Gasteiger partial charge in [0.1, 0.15) is 72.0 Å². The molecule has 0 fully saturated rings. The summed E-state index contributed by atoms with van der Waals surface area (Å²) in [5.74, 6) is 3.15. The number of rotatable bonds is 72. The molecule has 36 heteroatoms. The predicted octanol–water partition coefficient (Wildman–Crippen LogP) is 4.69. The number of aromatic amines is 2. The highest BCUT2D eigenvalue weighted by Crippen LogP contribution is 2.44. The first kappa shape index (κ1) is 92.4. The van der Waals surface area contributed by atoms with E-state index in [1.807, 2.05) is 72.8 Å². The summed E-state index contributed by atoms with van der Waals surface area (Å²) < 4.78 is 138. The lowest BCUT2D eigenvalue weighted by molar-refractivity contribution is -0.0146. The number of nitrogens with one attached hydrogen (secondary N) is 2. The van der Waals surface area contributed by atoms with Crippen LogP contribution in [0.5, 0.6) is 23.0 Å². The minimum atomic E-state index is -0.0272. The van der Waals surface area contributed by atoms with E-state index in [-0.39, 0.29) is 117 Å². The van der Waals surface area contributed by atoms with Gasteiger partial charge in [-0.05, 0) is 24.3 Å². The Hall–Kier alpha value is -7.52.